The third-order valence-electron chi connectivity index (χ3n) is 5.14. The summed E-state index contributed by atoms with van der Waals surface area (Å²) < 4.78 is 33.8. The van der Waals surface area contributed by atoms with Crippen LogP contribution in [0.4, 0.5) is 0 Å². The van der Waals surface area contributed by atoms with Crippen LogP contribution in [0.5, 0.6) is 11.5 Å². The number of sulfone groups is 1. The van der Waals surface area contributed by atoms with Crippen molar-refractivity contribution in [2.75, 3.05) is 51.9 Å². The van der Waals surface area contributed by atoms with Gasteiger partial charge in [0.15, 0.2) is 9.84 Å². The summed E-state index contributed by atoms with van der Waals surface area (Å²) in [5, 5.41) is 0. The lowest BCUT2D eigenvalue weighted by Crippen LogP contribution is -2.52. The normalized spacial score (nSPS) is 22.9. The Labute approximate surface area is 160 Å². The van der Waals surface area contributed by atoms with Gasteiger partial charge in [0.05, 0.1) is 25.7 Å². The van der Waals surface area contributed by atoms with Crippen molar-refractivity contribution >= 4 is 21.8 Å². The Kier molecular flexibility index (Phi) is 6.06. The second kappa shape index (κ2) is 8.31. The SMILES string of the molecule is COc1cc(/C=C/C(=O)N2CCN([C@H]3CCS(=O)(=O)C3)CC2)cc(OC)c1. The van der Waals surface area contributed by atoms with Crippen LogP contribution in [0.1, 0.15) is 12.0 Å². The predicted octanol–water partition coefficient (Wildman–Crippen LogP) is 1.05. The molecule has 0 radical (unpaired) electrons. The Morgan fingerprint density at radius 3 is 2.22 bits per heavy atom. The van der Waals surface area contributed by atoms with Gasteiger partial charge in [-0.2, -0.15) is 0 Å². The molecule has 1 atom stereocenters. The first-order valence-electron chi connectivity index (χ1n) is 9.05. The molecule has 0 spiro atoms. The van der Waals surface area contributed by atoms with Gasteiger partial charge in [-0.25, -0.2) is 8.42 Å². The van der Waals surface area contributed by atoms with E-state index in [1.807, 2.05) is 12.1 Å². The molecule has 1 aromatic rings. The van der Waals surface area contributed by atoms with E-state index in [0.29, 0.717) is 44.1 Å². The quantitative estimate of drug-likeness (QED) is 0.695. The molecule has 0 N–H and O–H groups in total. The number of hydrogen-bond acceptors (Lipinski definition) is 6. The molecule has 8 heteroatoms. The van der Waals surface area contributed by atoms with Crippen LogP contribution in [0.25, 0.3) is 6.08 Å². The Morgan fingerprint density at radius 2 is 1.70 bits per heavy atom. The van der Waals surface area contributed by atoms with Gasteiger partial charge < -0.3 is 14.4 Å². The minimum Gasteiger partial charge on any atom is -0.497 e. The zero-order valence-electron chi connectivity index (χ0n) is 15.8. The summed E-state index contributed by atoms with van der Waals surface area (Å²) in [6.45, 7) is 2.65. The van der Waals surface area contributed by atoms with Gasteiger partial charge in [0, 0.05) is 44.4 Å². The summed E-state index contributed by atoms with van der Waals surface area (Å²) in [5.74, 6) is 1.82. The summed E-state index contributed by atoms with van der Waals surface area (Å²) in [6.07, 6.45) is 4.01. The molecule has 148 valence electrons. The molecule has 0 aromatic heterocycles. The molecule has 7 nitrogen and oxygen atoms in total. The van der Waals surface area contributed by atoms with Gasteiger partial charge >= 0.3 is 0 Å². The van der Waals surface area contributed by atoms with Crippen molar-refractivity contribution in [1.29, 1.82) is 0 Å². The maximum absolute atomic E-state index is 12.5. The van der Waals surface area contributed by atoms with Crippen molar-refractivity contribution in [1.82, 2.24) is 9.80 Å². The summed E-state index contributed by atoms with van der Waals surface area (Å²) >= 11 is 0. The topological polar surface area (TPSA) is 76.2 Å². The van der Waals surface area contributed by atoms with Crippen LogP contribution in [-0.4, -0.2) is 82.1 Å². The van der Waals surface area contributed by atoms with E-state index in [4.69, 9.17) is 9.47 Å². The zero-order valence-corrected chi connectivity index (χ0v) is 16.6. The fourth-order valence-electron chi connectivity index (χ4n) is 3.57. The molecule has 0 saturated carbocycles. The minimum absolute atomic E-state index is 0.0459. The van der Waals surface area contributed by atoms with Crippen molar-refractivity contribution in [3.63, 3.8) is 0 Å². The molecule has 2 aliphatic heterocycles. The Hall–Kier alpha value is -2.06. The number of methoxy groups -OCH3 is 2. The molecule has 2 fully saturated rings. The van der Waals surface area contributed by atoms with Crippen LogP contribution in [0.3, 0.4) is 0 Å². The van der Waals surface area contributed by atoms with Crippen molar-refractivity contribution < 1.29 is 22.7 Å². The highest BCUT2D eigenvalue weighted by Crippen LogP contribution is 2.23. The van der Waals surface area contributed by atoms with Gasteiger partial charge in [-0.3, -0.25) is 9.69 Å². The molecule has 2 heterocycles. The summed E-state index contributed by atoms with van der Waals surface area (Å²) in [7, 11) is 0.292. The number of rotatable bonds is 5. The Balaban J connectivity index is 1.56. The summed E-state index contributed by atoms with van der Waals surface area (Å²) in [6, 6.07) is 5.56. The number of piperazine rings is 1. The third kappa shape index (κ3) is 5.01. The summed E-state index contributed by atoms with van der Waals surface area (Å²) in [4.78, 5) is 16.5. The molecule has 2 saturated heterocycles. The van der Waals surface area contributed by atoms with Crippen LogP contribution in [0.15, 0.2) is 24.3 Å². The molecule has 1 amide bonds. The van der Waals surface area contributed by atoms with E-state index in [9.17, 15) is 13.2 Å². The van der Waals surface area contributed by atoms with E-state index < -0.39 is 9.84 Å². The van der Waals surface area contributed by atoms with Crippen molar-refractivity contribution in [3.05, 3.63) is 29.8 Å². The predicted molar refractivity (Wildman–Crippen MR) is 104 cm³/mol. The lowest BCUT2D eigenvalue weighted by Gasteiger charge is -2.37. The molecule has 3 rings (SSSR count). The van der Waals surface area contributed by atoms with Gasteiger partial charge in [-0.1, -0.05) is 0 Å². The van der Waals surface area contributed by atoms with E-state index >= 15 is 0 Å². The first kappa shape index (κ1) is 19.7. The zero-order chi connectivity index (χ0) is 19.4. The van der Waals surface area contributed by atoms with Crippen LogP contribution >= 0.6 is 0 Å². The average molecular weight is 394 g/mol. The highest BCUT2D eigenvalue weighted by atomic mass is 32.2. The smallest absolute Gasteiger partial charge is 0.246 e. The van der Waals surface area contributed by atoms with Crippen molar-refractivity contribution in [3.8, 4) is 11.5 Å². The van der Waals surface area contributed by atoms with Crippen LogP contribution in [0.2, 0.25) is 0 Å². The van der Waals surface area contributed by atoms with Gasteiger partial charge in [0.1, 0.15) is 11.5 Å². The van der Waals surface area contributed by atoms with Crippen molar-refractivity contribution in [2.24, 2.45) is 0 Å². The standard InChI is InChI=1S/C19H26N2O5S/c1-25-17-11-15(12-18(13-17)26-2)3-4-19(22)21-8-6-20(7-9-21)16-5-10-27(23,24)14-16/h3-4,11-13,16H,5-10,14H2,1-2H3/b4-3+/t16-/m0/s1. The fraction of sp³-hybridized carbons (Fsp3) is 0.526. The van der Waals surface area contributed by atoms with Crippen LogP contribution < -0.4 is 9.47 Å². The number of carbonyl (C=O) groups excluding carboxylic acids is 1. The lowest BCUT2D eigenvalue weighted by atomic mass is 10.1. The van der Waals surface area contributed by atoms with E-state index in [2.05, 4.69) is 4.90 Å². The molecule has 0 unspecified atom stereocenters. The van der Waals surface area contributed by atoms with Gasteiger partial charge in [0.2, 0.25) is 5.91 Å². The third-order valence-corrected chi connectivity index (χ3v) is 6.89. The molecule has 2 aliphatic rings. The maximum Gasteiger partial charge on any atom is 0.246 e. The first-order chi connectivity index (χ1) is 12.9. The fourth-order valence-corrected chi connectivity index (χ4v) is 5.33. The number of amides is 1. The molecule has 27 heavy (non-hydrogen) atoms. The second-order valence-corrected chi connectivity index (χ2v) is 9.13. The molecule has 0 bridgehead atoms. The van der Waals surface area contributed by atoms with E-state index in [0.717, 1.165) is 5.56 Å². The molecule has 1 aromatic carbocycles. The van der Waals surface area contributed by atoms with Gasteiger partial charge in [0.25, 0.3) is 0 Å². The summed E-state index contributed by atoms with van der Waals surface area (Å²) in [5.41, 5.74) is 0.828. The highest BCUT2D eigenvalue weighted by molar-refractivity contribution is 7.91. The lowest BCUT2D eigenvalue weighted by molar-refractivity contribution is -0.127. The molecule has 0 aliphatic carbocycles. The Bertz CT molecular complexity index is 791. The van der Waals surface area contributed by atoms with Crippen LogP contribution in [-0.2, 0) is 14.6 Å². The largest absolute Gasteiger partial charge is 0.497 e. The minimum atomic E-state index is -2.88. The number of nitrogens with zero attached hydrogens (tertiary/aromatic N) is 2. The molecular formula is C19H26N2O5S. The van der Waals surface area contributed by atoms with E-state index in [-0.39, 0.29) is 23.5 Å². The van der Waals surface area contributed by atoms with Crippen LogP contribution in [0, 0.1) is 0 Å². The first-order valence-corrected chi connectivity index (χ1v) is 10.9. The van der Waals surface area contributed by atoms with Gasteiger partial charge in [-0.05, 0) is 30.2 Å². The second-order valence-electron chi connectivity index (χ2n) is 6.90. The van der Waals surface area contributed by atoms with Crippen molar-refractivity contribution in [2.45, 2.75) is 12.5 Å². The number of ether oxygens (including phenoxy) is 2. The van der Waals surface area contributed by atoms with Gasteiger partial charge in [-0.15, -0.1) is 0 Å². The number of benzene rings is 1. The van der Waals surface area contributed by atoms with E-state index in [1.54, 1.807) is 37.3 Å². The molecular weight excluding hydrogens is 368 g/mol. The maximum atomic E-state index is 12.5. The average Bonchev–Trinajstić information content (AvgIpc) is 3.05. The Morgan fingerprint density at radius 1 is 1.07 bits per heavy atom. The van der Waals surface area contributed by atoms with E-state index in [1.165, 1.54) is 0 Å². The number of carbonyl (C=O) groups is 1. The highest BCUT2D eigenvalue weighted by Gasteiger charge is 2.34. The number of hydrogen-bond donors (Lipinski definition) is 0. The monoisotopic (exact) mass is 394 g/mol.